The van der Waals surface area contributed by atoms with E-state index in [1.165, 1.54) is 0 Å². The lowest BCUT2D eigenvalue weighted by atomic mass is 10.1. The number of nitrogens with zero attached hydrogens (tertiary/aromatic N) is 2. The Kier molecular flexibility index (Phi) is 2.68. The highest BCUT2D eigenvalue weighted by atomic mass is 16.4. The van der Waals surface area contributed by atoms with E-state index in [4.69, 9.17) is 5.11 Å². The number of aryl methyl sites for hydroxylation is 1. The molecule has 2 aromatic rings. The van der Waals surface area contributed by atoms with Gasteiger partial charge in [-0.25, -0.2) is 9.78 Å². The number of aromatic amines is 1. The number of carboxylic acid groups (broad SMARTS) is 1. The fourth-order valence-electron chi connectivity index (χ4n) is 1.34. The molecular formula is C11H11N3O2. The first-order valence-electron chi connectivity index (χ1n) is 4.95. The van der Waals surface area contributed by atoms with Crippen molar-refractivity contribution in [2.24, 2.45) is 0 Å². The fourth-order valence-corrected chi connectivity index (χ4v) is 1.34. The Balaban J connectivity index is 2.30. The van der Waals surface area contributed by atoms with Crippen LogP contribution in [-0.4, -0.2) is 26.3 Å². The normalized spacial score (nSPS) is 10.3. The van der Waals surface area contributed by atoms with E-state index in [2.05, 4.69) is 15.2 Å². The lowest BCUT2D eigenvalue weighted by molar-refractivity contribution is 0.0697. The van der Waals surface area contributed by atoms with Gasteiger partial charge in [0.1, 0.15) is 5.82 Å². The van der Waals surface area contributed by atoms with Gasteiger partial charge in [-0.3, -0.25) is 5.10 Å². The van der Waals surface area contributed by atoms with Crippen molar-refractivity contribution in [1.29, 1.82) is 0 Å². The Hall–Kier alpha value is -2.17. The van der Waals surface area contributed by atoms with Gasteiger partial charge in [0.25, 0.3) is 0 Å². The minimum Gasteiger partial charge on any atom is -0.478 e. The van der Waals surface area contributed by atoms with Gasteiger partial charge in [-0.2, -0.15) is 5.10 Å². The third-order valence-corrected chi connectivity index (χ3v) is 2.26. The van der Waals surface area contributed by atoms with Gasteiger partial charge in [0, 0.05) is 12.0 Å². The predicted molar refractivity (Wildman–Crippen MR) is 58.2 cm³/mol. The van der Waals surface area contributed by atoms with Crippen LogP contribution in [0.3, 0.4) is 0 Å². The smallest absolute Gasteiger partial charge is 0.335 e. The lowest BCUT2D eigenvalue weighted by Gasteiger charge is -1.96. The Bertz CT molecular complexity index is 502. The first-order valence-corrected chi connectivity index (χ1v) is 4.95. The molecule has 0 aliphatic carbocycles. The molecular weight excluding hydrogens is 206 g/mol. The topological polar surface area (TPSA) is 78.9 Å². The summed E-state index contributed by atoms with van der Waals surface area (Å²) in [4.78, 5) is 14.9. The molecule has 0 saturated carbocycles. The molecule has 0 radical (unpaired) electrons. The molecule has 0 fully saturated rings. The average Bonchev–Trinajstić information content (AvgIpc) is 2.77. The van der Waals surface area contributed by atoms with Crippen molar-refractivity contribution < 1.29 is 9.90 Å². The molecule has 0 spiro atoms. The number of H-pyrrole nitrogens is 1. The molecule has 1 aromatic heterocycles. The van der Waals surface area contributed by atoms with Crippen molar-refractivity contribution in [3.63, 3.8) is 0 Å². The van der Waals surface area contributed by atoms with Crippen LogP contribution in [0.5, 0.6) is 0 Å². The lowest BCUT2D eigenvalue weighted by Crippen LogP contribution is -1.95. The summed E-state index contributed by atoms with van der Waals surface area (Å²) in [6.45, 7) is 1.98. The summed E-state index contributed by atoms with van der Waals surface area (Å²) in [6, 6.07) is 6.48. The number of nitrogens with one attached hydrogen (secondary N) is 1. The number of aromatic carboxylic acids is 1. The first kappa shape index (κ1) is 10.4. The van der Waals surface area contributed by atoms with Crippen LogP contribution in [0.25, 0.3) is 11.4 Å². The van der Waals surface area contributed by atoms with Gasteiger partial charge in [-0.1, -0.05) is 19.1 Å². The molecule has 2 rings (SSSR count). The molecule has 0 saturated heterocycles. The number of benzene rings is 1. The summed E-state index contributed by atoms with van der Waals surface area (Å²) < 4.78 is 0. The SMILES string of the molecule is CCc1nc(-c2ccc(C(=O)O)cc2)n[nH]1. The monoisotopic (exact) mass is 217 g/mol. The molecule has 5 heteroatoms. The standard InChI is InChI=1S/C11H11N3O2/c1-2-9-12-10(14-13-9)7-3-5-8(6-4-7)11(15)16/h3-6H,2H2,1H3,(H,15,16)(H,12,13,14). The third kappa shape index (κ3) is 1.93. The maximum Gasteiger partial charge on any atom is 0.335 e. The zero-order valence-electron chi connectivity index (χ0n) is 8.77. The van der Waals surface area contributed by atoms with Crippen molar-refractivity contribution in [2.75, 3.05) is 0 Å². The first-order chi connectivity index (χ1) is 7.70. The second kappa shape index (κ2) is 4.14. The molecule has 5 nitrogen and oxygen atoms in total. The Morgan fingerprint density at radius 3 is 2.56 bits per heavy atom. The van der Waals surface area contributed by atoms with Gasteiger partial charge < -0.3 is 5.11 Å². The second-order valence-corrected chi connectivity index (χ2v) is 3.34. The van der Waals surface area contributed by atoms with Gasteiger partial charge in [-0.05, 0) is 12.1 Å². The molecule has 0 aliphatic heterocycles. The summed E-state index contributed by atoms with van der Waals surface area (Å²) in [5, 5.41) is 15.6. The largest absolute Gasteiger partial charge is 0.478 e. The van der Waals surface area contributed by atoms with Crippen LogP contribution < -0.4 is 0 Å². The Morgan fingerprint density at radius 1 is 1.38 bits per heavy atom. The molecule has 1 aromatic carbocycles. The van der Waals surface area contributed by atoms with E-state index in [-0.39, 0.29) is 5.56 Å². The van der Waals surface area contributed by atoms with Crippen molar-refractivity contribution >= 4 is 5.97 Å². The van der Waals surface area contributed by atoms with Crippen LogP contribution in [0, 0.1) is 0 Å². The fraction of sp³-hybridized carbons (Fsp3) is 0.182. The number of carbonyl (C=O) groups is 1. The van der Waals surface area contributed by atoms with Crippen LogP contribution in [0.15, 0.2) is 24.3 Å². The molecule has 0 aliphatic rings. The molecule has 0 bridgehead atoms. The second-order valence-electron chi connectivity index (χ2n) is 3.34. The van der Waals surface area contributed by atoms with Crippen molar-refractivity contribution in [2.45, 2.75) is 13.3 Å². The van der Waals surface area contributed by atoms with E-state index in [1.807, 2.05) is 6.92 Å². The van der Waals surface area contributed by atoms with E-state index in [9.17, 15) is 4.79 Å². The molecule has 0 atom stereocenters. The third-order valence-electron chi connectivity index (χ3n) is 2.26. The molecule has 0 amide bonds. The maximum atomic E-state index is 10.7. The summed E-state index contributed by atoms with van der Waals surface area (Å²) >= 11 is 0. The quantitative estimate of drug-likeness (QED) is 0.820. The van der Waals surface area contributed by atoms with Gasteiger partial charge in [0.2, 0.25) is 0 Å². The number of carboxylic acids is 1. The maximum absolute atomic E-state index is 10.7. The van der Waals surface area contributed by atoms with E-state index in [0.717, 1.165) is 17.8 Å². The number of rotatable bonds is 3. The highest BCUT2D eigenvalue weighted by Gasteiger charge is 2.06. The van der Waals surface area contributed by atoms with Crippen LogP contribution in [0.2, 0.25) is 0 Å². The minimum absolute atomic E-state index is 0.259. The zero-order valence-corrected chi connectivity index (χ0v) is 8.77. The summed E-state index contributed by atoms with van der Waals surface area (Å²) in [6.07, 6.45) is 0.792. The van der Waals surface area contributed by atoms with Crippen molar-refractivity contribution in [1.82, 2.24) is 15.2 Å². The van der Waals surface area contributed by atoms with Gasteiger partial charge in [0.05, 0.1) is 5.56 Å². The number of hydrogen-bond donors (Lipinski definition) is 2. The summed E-state index contributed by atoms with van der Waals surface area (Å²) in [5.74, 6) is 0.474. The van der Waals surface area contributed by atoms with Gasteiger partial charge >= 0.3 is 5.97 Å². The highest BCUT2D eigenvalue weighted by Crippen LogP contribution is 2.15. The van der Waals surface area contributed by atoms with E-state index in [0.29, 0.717) is 5.82 Å². The van der Waals surface area contributed by atoms with E-state index < -0.39 is 5.97 Å². The van der Waals surface area contributed by atoms with E-state index in [1.54, 1.807) is 24.3 Å². The molecule has 82 valence electrons. The van der Waals surface area contributed by atoms with Crippen molar-refractivity contribution in [3.05, 3.63) is 35.7 Å². The van der Waals surface area contributed by atoms with Crippen LogP contribution in [0.4, 0.5) is 0 Å². The number of aromatic nitrogens is 3. The Labute approximate surface area is 92.2 Å². The average molecular weight is 217 g/mol. The van der Waals surface area contributed by atoms with E-state index >= 15 is 0 Å². The molecule has 1 heterocycles. The summed E-state index contributed by atoms with van der Waals surface area (Å²) in [7, 11) is 0. The highest BCUT2D eigenvalue weighted by molar-refractivity contribution is 5.88. The van der Waals surface area contributed by atoms with Gasteiger partial charge in [0.15, 0.2) is 5.82 Å². The van der Waals surface area contributed by atoms with Crippen LogP contribution in [-0.2, 0) is 6.42 Å². The molecule has 0 unspecified atom stereocenters. The Morgan fingerprint density at radius 2 is 2.06 bits per heavy atom. The van der Waals surface area contributed by atoms with Crippen molar-refractivity contribution in [3.8, 4) is 11.4 Å². The predicted octanol–water partition coefficient (Wildman–Crippen LogP) is 1.73. The van der Waals surface area contributed by atoms with Gasteiger partial charge in [-0.15, -0.1) is 0 Å². The summed E-state index contributed by atoms with van der Waals surface area (Å²) in [5.41, 5.74) is 1.07. The molecule has 16 heavy (non-hydrogen) atoms. The number of hydrogen-bond acceptors (Lipinski definition) is 3. The molecule has 2 N–H and O–H groups in total. The van der Waals surface area contributed by atoms with Crippen LogP contribution >= 0.6 is 0 Å². The van der Waals surface area contributed by atoms with Crippen LogP contribution in [0.1, 0.15) is 23.1 Å². The minimum atomic E-state index is -0.934. The zero-order chi connectivity index (χ0) is 11.5.